The summed E-state index contributed by atoms with van der Waals surface area (Å²) in [6.07, 6.45) is 2.81. The van der Waals surface area contributed by atoms with E-state index in [0.29, 0.717) is 23.7 Å². The van der Waals surface area contributed by atoms with Crippen LogP contribution in [0.5, 0.6) is 0 Å². The molecule has 0 aromatic heterocycles. The molecule has 1 saturated carbocycles. The Morgan fingerprint density at radius 1 is 1.29 bits per heavy atom. The van der Waals surface area contributed by atoms with Crippen molar-refractivity contribution in [2.45, 2.75) is 46.1 Å². The molecule has 1 fully saturated rings. The molecule has 21 heavy (non-hydrogen) atoms. The standard InChI is InChI=1S/C16H23N3O2/c1-4-15(20)18-13-8-5-10(2)14(9-13)19-16(21)17-11(3)12-6-7-12/h5,8-9,11-12H,4,6-7H2,1-3H3,(H,18,20)(H2,17,19,21). The van der Waals surface area contributed by atoms with E-state index in [2.05, 4.69) is 16.0 Å². The summed E-state index contributed by atoms with van der Waals surface area (Å²) >= 11 is 0. The lowest BCUT2D eigenvalue weighted by molar-refractivity contribution is -0.115. The fraction of sp³-hybridized carbons (Fsp3) is 0.500. The first-order valence-electron chi connectivity index (χ1n) is 7.47. The van der Waals surface area contributed by atoms with E-state index in [0.717, 1.165) is 5.56 Å². The number of nitrogens with one attached hydrogen (secondary N) is 3. The Labute approximate surface area is 125 Å². The van der Waals surface area contributed by atoms with Gasteiger partial charge in [0.15, 0.2) is 0 Å². The van der Waals surface area contributed by atoms with Gasteiger partial charge in [0.2, 0.25) is 5.91 Å². The minimum Gasteiger partial charge on any atom is -0.335 e. The number of rotatable bonds is 5. The first kappa shape index (κ1) is 15.4. The zero-order chi connectivity index (χ0) is 15.4. The van der Waals surface area contributed by atoms with Crippen LogP contribution in [0.4, 0.5) is 16.2 Å². The molecule has 114 valence electrons. The van der Waals surface area contributed by atoms with Gasteiger partial charge >= 0.3 is 6.03 Å². The molecule has 0 spiro atoms. The Morgan fingerprint density at radius 3 is 2.62 bits per heavy atom. The molecule has 0 bridgehead atoms. The summed E-state index contributed by atoms with van der Waals surface area (Å²) in [4.78, 5) is 23.4. The van der Waals surface area contributed by atoms with Crippen molar-refractivity contribution in [3.63, 3.8) is 0 Å². The van der Waals surface area contributed by atoms with Crippen LogP contribution in [0.3, 0.4) is 0 Å². The van der Waals surface area contributed by atoms with Crippen molar-refractivity contribution in [1.29, 1.82) is 0 Å². The van der Waals surface area contributed by atoms with E-state index in [1.54, 1.807) is 13.0 Å². The van der Waals surface area contributed by atoms with Crippen LogP contribution >= 0.6 is 0 Å². The molecule has 1 aromatic carbocycles. The van der Waals surface area contributed by atoms with Gasteiger partial charge in [0.25, 0.3) is 0 Å². The van der Waals surface area contributed by atoms with Gasteiger partial charge in [0.1, 0.15) is 0 Å². The fourth-order valence-corrected chi connectivity index (χ4v) is 2.16. The van der Waals surface area contributed by atoms with Crippen LogP contribution in [0.25, 0.3) is 0 Å². The van der Waals surface area contributed by atoms with Gasteiger partial charge in [-0.1, -0.05) is 13.0 Å². The summed E-state index contributed by atoms with van der Waals surface area (Å²) in [5.74, 6) is 0.573. The Bertz CT molecular complexity index is 538. The maximum Gasteiger partial charge on any atom is 0.319 e. The minimum atomic E-state index is -0.198. The lowest BCUT2D eigenvalue weighted by Gasteiger charge is -2.15. The molecule has 2 rings (SSSR count). The number of aryl methyl sites for hydroxylation is 1. The number of carbonyl (C=O) groups is 2. The van der Waals surface area contributed by atoms with E-state index < -0.39 is 0 Å². The highest BCUT2D eigenvalue weighted by Gasteiger charge is 2.28. The van der Waals surface area contributed by atoms with Gasteiger partial charge in [-0.05, 0) is 50.3 Å². The molecule has 1 atom stereocenters. The third-order valence-electron chi connectivity index (χ3n) is 3.78. The number of anilines is 2. The largest absolute Gasteiger partial charge is 0.335 e. The molecule has 0 aliphatic heterocycles. The molecular formula is C16H23N3O2. The molecule has 3 N–H and O–H groups in total. The van der Waals surface area contributed by atoms with E-state index in [-0.39, 0.29) is 18.0 Å². The van der Waals surface area contributed by atoms with Crippen molar-refractivity contribution in [1.82, 2.24) is 5.32 Å². The summed E-state index contributed by atoms with van der Waals surface area (Å²) in [5, 5.41) is 8.60. The molecule has 1 unspecified atom stereocenters. The molecule has 0 radical (unpaired) electrons. The Morgan fingerprint density at radius 2 is 2.00 bits per heavy atom. The van der Waals surface area contributed by atoms with Crippen LogP contribution in [-0.2, 0) is 4.79 Å². The molecule has 3 amide bonds. The Kier molecular flexibility index (Phi) is 4.83. The second-order valence-electron chi connectivity index (χ2n) is 5.66. The van der Waals surface area contributed by atoms with Crippen LogP contribution in [0.1, 0.15) is 38.7 Å². The van der Waals surface area contributed by atoms with Crippen molar-refractivity contribution in [2.24, 2.45) is 5.92 Å². The van der Waals surface area contributed by atoms with Gasteiger partial charge in [-0.3, -0.25) is 4.79 Å². The van der Waals surface area contributed by atoms with Gasteiger partial charge in [-0.15, -0.1) is 0 Å². The maximum atomic E-state index is 12.0. The van der Waals surface area contributed by atoms with Gasteiger partial charge in [0, 0.05) is 23.8 Å². The lowest BCUT2D eigenvalue weighted by Crippen LogP contribution is -2.37. The number of benzene rings is 1. The minimum absolute atomic E-state index is 0.0448. The SMILES string of the molecule is CCC(=O)Nc1ccc(C)c(NC(=O)NC(C)C2CC2)c1. The topological polar surface area (TPSA) is 70.2 Å². The second-order valence-corrected chi connectivity index (χ2v) is 5.66. The van der Waals surface area contributed by atoms with Gasteiger partial charge in [-0.2, -0.15) is 0 Å². The number of amides is 3. The molecule has 1 aliphatic rings. The van der Waals surface area contributed by atoms with E-state index in [1.807, 2.05) is 26.0 Å². The predicted octanol–water partition coefficient (Wildman–Crippen LogP) is 3.26. The predicted molar refractivity (Wildman–Crippen MR) is 84.4 cm³/mol. The van der Waals surface area contributed by atoms with E-state index in [4.69, 9.17) is 0 Å². The van der Waals surface area contributed by atoms with Crippen molar-refractivity contribution in [2.75, 3.05) is 10.6 Å². The quantitative estimate of drug-likeness (QED) is 0.778. The third-order valence-corrected chi connectivity index (χ3v) is 3.78. The van der Waals surface area contributed by atoms with Crippen LogP contribution in [0.15, 0.2) is 18.2 Å². The average molecular weight is 289 g/mol. The summed E-state index contributed by atoms with van der Waals surface area (Å²) in [6.45, 7) is 5.75. The van der Waals surface area contributed by atoms with Crippen molar-refractivity contribution < 1.29 is 9.59 Å². The normalized spacial score (nSPS) is 15.2. The Balaban J connectivity index is 1.98. The fourth-order valence-electron chi connectivity index (χ4n) is 2.16. The van der Waals surface area contributed by atoms with Gasteiger partial charge in [0.05, 0.1) is 0 Å². The van der Waals surface area contributed by atoms with E-state index in [9.17, 15) is 9.59 Å². The Hall–Kier alpha value is -2.04. The number of urea groups is 1. The maximum absolute atomic E-state index is 12.0. The monoisotopic (exact) mass is 289 g/mol. The molecule has 0 saturated heterocycles. The van der Waals surface area contributed by atoms with Crippen molar-refractivity contribution >= 4 is 23.3 Å². The molecule has 1 aliphatic carbocycles. The highest BCUT2D eigenvalue weighted by molar-refractivity contribution is 5.94. The summed E-state index contributed by atoms with van der Waals surface area (Å²) < 4.78 is 0. The first-order valence-corrected chi connectivity index (χ1v) is 7.47. The highest BCUT2D eigenvalue weighted by atomic mass is 16.2. The summed E-state index contributed by atoms with van der Waals surface area (Å²) in [5.41, 5.74) is 2.36. The van der Waals surface area contributed by atoms with Crippen LogP contribution in [0.2, 0.25) is 0 Å². The van der Waals surface area contributed by atoms with Gasteiger partial charge < -0.3 is 16.0 Å². The molecular weight excluding hydrogens is 266 g/mol. The molecule has 1 aromatic rings. The van der Waals surface area contributed by atoms with Crippen LogP contribution in [0, 0.1) is 12.8 Å². The smallest absolute Gasteiger partial charge is 0.319 e. The van der Waals surface area contributed by atoms with Crippen molar-refractivity contribution in [3.8, 4) is 0 Å². The van der Waals surface area contributed by atoms with E-state index in [1.165, 1.54) is 12.8 Å². The number of hydrogen-bond donors (Lipinski definition) is 3. The lowest BCUT2D eigenvalue weighted by atomic mass is 10.1. The van der Waals surface area contributed by atoms with Crippen LogP contribution in [-0.4, -0.2) is 18.0 Å². The summed E-state index contributed by atoms with van der Waals surface area (Å²) in [7, 11) is 0. The number of hydrogen-bond acceptors (Lipinski definition) is 2. The average Bonchev–Trinajstić information content (AvgIpc) is 3.26. The third kappa shape index (κ3) is 4.48. The molecule has 0 heterocycles. The zero-order valence-corrected chi connectivity index (χ0v) is 12.8. The van der Waals surface area contributed by atoms with Crippen molar-refractivity contribution in [3.05, 3.63) is 23.8 Å². The zero-order valence-electron chi connectivity index (χ0n) is 12.8. The van der Waals surface area contributed by atoms with Gasteiger partial charge in [-0.25, -0.2) is 4.79 Å². The van der Waals surface area contributed by atoms with Crippen LogP contribution < -0.4 is 16.0 Å². The first-order chi connectivity index (χ1) is 9.99. The molecule has 5 heteroatoms. The number of carbonyl (C=O) groups excluding carboxylic acids is 2. The second kappa shape index (κ2) is 6.61. The highest BCUT2D eigenvalue weighted by Crippen LogP contribution is 2.32. The van der Waals surface area contributed by atoms with E-state index >= 15 is 0 Å². The molecule has 5 nitrogen and oxygen atoms in total. The summed E-state index contributed by atoms with van der Waals surface area (Å²) in [6, 6.07) is 5.50.